The Morgan fingerprint density at radius 1 is 1.25 bits per heavy atom. The van der Waals surface area contributed by atoms with E-state index in [1.165, 1.54) is 30.4 Å². The minimum Gasteiger partial charge on any atom is -0.493 e. The van der Waals surface area contributed by atoms with E-state index in [0.29, 0.717) is 5.41 Å². The number of benzene rings is 1. The first-order chi connectivity index (χ1) is 7.75. The lowest BCUT2D eigenvalue weighted by Gasteiger charge is -2.70. The van der Waals surface area contributed by atoms with Crippen LogP contribution in [0.3, 0.4) is 0 Å². The van der Waals surface area contributed by atoms with E-state index in [2.05, 4.69) is 23.6 Å². The number of hydrazine groups is 1. The molecule has 2 bridgehead atoms. The van der Waals surface area contributed by atoms with Gasteiger partial charge in [-0.25, -0.2) is 0 Å². The topological polar surface area (TPSA) is 47.3 Å². The van der Waals surface area contributed by atoms with Crippen LogP contribution in [0.15, 0.2) is 18.2 Å². The molecule has 3 heteroatoms. The van der Waals surface area contributed by atoms with Gasteiger partial charge in [-0.1, -0.05) is 12.1 Å². The fourth-order valence-corrected chi connectivity index (χ4v) is 3.76. The number of nitrogens with one attached hydrogen (secondary N) is 1. The molecule has 0 unspecified atom stereocenters. The van der Waals surface area contributed by atoms with Gasteiger partial charge in [-0.2, -0.15) is 0 Å². The molecule has 5 rings (SSSR count). The van der Waals surface area contributed by atoms with Crippen molar-refractivity contribution >= 4 is 0 Å². The molecule has 16 heavy (non-hydrogen) atoms. The van der Waals surface area contributed by atoms with Crippen molar-refractivity contribution in [1.82, 2.24) is 5.43 Å². The van der Waals surface area contributed by atoms with Crippen LogP contribution in [0.1, 0.15) is 30.4 Å². The standard InChI is InChI=1S/C13H16N2O/c14-15-13-6-12(7-13,8-13)10-1-2-11-9(5-10)3-4-16-11/h1-2,5,15H,3-4,6-8,14H2. The summed E-state index contributed by atoms with van der Waals surface area (Å²) in [5, 5.41) is 0. The zero-order chi connectivity index (χ0) is 10.8. The van der Waals surface area contributed by atoms with Gasteiger partial charge in [0, 0.05) is 17.4 Å². The molecule has 3 saturated carbocycles. The summed E-state index contributed by atoms with van der Waals surface area (Å²) in [6.07, 6.45) is 4.68. The molecule has 3 nitrogen and oxygen atoms in total. The van der Waals surface area contributed by atoms with Crippen LogP contribution in [0.25, 0.3) is 0 Å². The molecule has 1 heterocycles. The second kappa shape index (κ2) is 2.60. The van der Waals surface area contributed by atoms with E-state index in [9.17, 15) is 0 Å². The maximum absolute atomic E-state index is 5.56. The quantitative estimate of drug-likeness (QED) is 0.578. The summed E-state index contributed by atoms with van der Waals surface area (Å²) >= 11 is 0. The molecule has 0 atom stereocenters. The van der Waals surface area contributed by atoms with E-state index >= 15 is 0 Å². The Labute approximate surface area is 94.9 Å². The smallest absolute Gasteiger partial charge is 0.122 e. The van der Waals surface area contributed by atoms with Crippen LogP contribution in [0, 0.1) is 0 Å². The minimum atomic E-state index is 0.273. The first kappa shape index (κ1) is 9.02. The molecular formula is C13H16N2O. The van der Waals surface area contributed by atoms with E-state index in [1.807, 2.05) is 0 Å². The number of rotatable bonds is 2. The van der Waals surface area contributed by atoms with Crippen molar-refractivity contribution in [1.29, 1.82) is 0 Å². The highest BCUT2D eigenvalue weighted by Gasteiger charge is 2.68. The predicted octanol–water partition coefficient (Wildman–Crippen LogP) is 1.26. The van der Waals surface area contributed by atoms with Crippen LogP contribution < -0.4 is 16.0 Å². The van der Waals surface area contributed by atoms with Crippen LogP contribution >= 0.6 is 0 Å². The van der Waals surface area contributed by atoms with Crippen molar-refractivity contribution in [2.45, 2.75) is 36.6 Å². The zero-order valence-electron chi connectivity index (χ0n) is 9.25. The average Bonchev–Trinajstić information content (AvgIpc) is 2.61. The van der Waals surface area contributed by atoms with Crippen molar-refractivity contribution in [3.05, 3.63) is 29.3 Å². The van der Waals surface area contributed by atoms with Gasteiger partial charge in [0.2, 0.25) is 0 Å². The van der Waals surface area contributed by atoms with E-state index in [0.717, 1.165) is 18.8 Å². The average molecular weight is 216 g/mol. The van der Waals surface area contributed by atoms with E-state index in [1.54, 1.807) is 0 Å². The van der Waals surface area contributed by atoms with E-state index < -0.39 is 0 Å². The van der Waals surface area contributed by atoms with Crippen molar-refractivity contribution < 1.29 is 4.74 Å². The monoisotopic (exact) mass is 216 g/mol. The maximum Gasteiger partial charge on any atom is 0.122 e. The number of hydrogen-bond acceptors (Lipinski definition) is 3. The zero-order valence-corrected chi connectivity index (χ0v) is 9.25. The normalized spacial score (nSPS) is 38.3. The number of fused-ring (bicyclic) bond motifs is 1. The third-order valence-electron chi connectivity index (χ3n) is 4.64. The molecule has 0 saturated heterocycles. The van der Waals surface area contributed by atoms with Crippen LogP contribution in [0.5, 0.6) is 5.75 Å². The van der Waals surface area contributed by atoms with Gasteiger partial charge in [0.25, 0.3) is 0 Å². The molecular weight excluding hydrogens is 200 g/mol. The first-order valence-corrected chi connectivity index (χ1v) is 5.99. The summed E-state index contributed by atoms with van der Waals surface area (Å²) < 4.78 is 5.54. The van der Waals surface area contributed by atoms with Crippen molar-refractivity contribution in [3.63, 3.8) is 0 Å². The molecule has 4 aliphatic rings. The van der Waals surface area contributed by atoms with E-state index in [4.69, 9.17) is 10.6 Å². The Hall–Kier alpha value is -1.06. The summed E-state index contributed by atoms with van der Waals surface area (Å²) in [6.45, 7) is 0.847. The minimum absolute atomic E-state index is 0.273. The molecule has 3 aliphatic carbocycles. The summed E-state index contributed by atoms with van der Waals surface area (Å²) in [4.78, 5) is 0. The Bertz CT molecular complexity index is 449. The molecule has 0 spiro atoms. The van der Waals surface area contributed by atoms with Crippen LogP contribution in [-0.2, 0) is 11.8 Å². The Balaban J connectivity index is 1.66. The first-order valence-electron chi connectivity index (χ1n) is 5.99. The third-order valence-corrected chi connectivity index (χ3v) is 4.64. The molecule has 1 aromatic carbocycles. The molecule has 0 amide bonds. The second-order valence-corrected chi connectivity index (χ2v) is 5.66. The van der Waals surface area contributed by atoms with Crippen LogP contribution in [0.4, 0.5) is 0 Å². The third kappa shape index (κ3) is 0.913. The van der Waals surface area contributed by atoms with Crippen molar-refractivity contribution in [3.8, 4) is 5.75 Å². The summed E-state index contributed by atoms with van der Waals surface area (Å²) in [5.41, 5.74) is 6.55. The maximum atomic E-state index is 5.56. The Kier molecular flexibility index (Phi) is 1.47. The molecule has 0 radical (unpaired) electrons. The second-order valence-electron chi connectivity index (χ2n) is 5.66. The van der Waals surface area contributed by atoms with Gasteiger partial charge in [0.1, 0.15) is 5.75 Å². The lowest BCUT2D eigenvalue weighted by molar-refractivity contribution is -0.0882. The predicted molar refractivity (Wildman–Crippen MR) is 61.2 cm³/mol. The summed E-state index contributed by atoms with van der Waals surface area (Å²) in [6, 6.07) is 6.73. The van der Waals surface area contributed by atoms with Crippen LogP contribution in [-0.4, -0.2) is 12.1 Å². The molecule has 1 aromatic rings. The molecule has 1 aliphatic heterocycles. The lowest BCUT2D eigenvalue weighted by atomic mass is 9.37. The van der Waals surface area contributed by atoms with Gasteiger partial charge in [-0.3, -0.25) is 11.3 Å². The highest BCUT2D eigenvalue weighted by molar-refractivity contribution is 5.48. The van der Waals surface area contributed by atoms with Gasteiger partial charge in [-0.05, 0) is 36.5 Å². The number of nitrogens with two attached hydrogens (primary N) is 1. The fourth-order valence-electron chi connectivity index (χ4n) is 3.76. The molecule has 84 valence electrons. The van der Waals surface area contributed by atoms with Gasteiger partial charge < -0.3 is 4.74 Å². The Morgan fingerprint density at radius 2 is 2.06 bits per heavy atom. The van der Waals surface area contributed by atoms with Gasteiger partial charge in [0.05, 0.1) is 6.61 Å². The number of ether oxygens (including phenoxy) is 1. The Morgan fingerprint density at radius 3 is 2.81 bits per heavy atom. The summed E-state index contributed by atoms with van der Waals surface area (Å²) in [7, 11) is 0. The molecule has 3 N–H and O–H groups in total. The van der Waals surface area contributed by atoms with Crippen LogP contribution in [0.2, 0.25) is 0 Å². The SMILES string of the molecule is NNC12CC(c3ccc4c(c3)CCO4)(C1)C2. The lowest BCUT2D eigenvalue weighted by Crippen LogP contribution is -2.77. The summed E-state index contributed by atoms with van der Waals surface area (Å²) in [5.74, 6) is 6.65. The molecule has 3 fully saturated rings. The van der Waals surface area contributed by atoms with Gasteiger partial charge in [0.15, 0.2) is 0 Å². The fraction of sp³-hybridized carbons (Fsp3) is 0.538. The van der Waals surface area contributed by atoms with Gasteiger partial charge in [-0.15, -0.1) is 0 Å². The largest absolute Gasteiger partial charge is 0.493 e. The van der Waals surface area contributed by atoms with Crippen molar-refractivity contribution in [2.75, 3.05) is 6.61 Å². The highest BCUT2D eigenvalue weighted by atomic mass is 16.5. The van der Waals surface area contributed by atoms with Gasteiger partial charge >= 0.3 is 0 Å². The van der Waals surface area contributed by atoms with E-state index in [-0.39, 0.29) is 5.54 Å². The number of hydrogen-bond donors (Lipinski definition) is 2. The van der Waals surface area contributed by atoms with Crippen molar-refractivity contribution in [2.24, 2.45) is 5.84 Å². The highest BCUT2D eigenvalue weighted by Crippen LogP contribution is 2.67. The molecule has 0 aromatic heterocycles.